The molecule has 2 N–H and O–H groups in total. The summed E-state index contributed by atoms with van der Waals surface area (Å²) in [6.45, 7) is 8.48. The Kier molecular flexibility index (Phi) is 5.02. The minimum absolute atomic E-state index is 0.892. The molecule has 1 heteroatoms. The third-order valence-corrected chi connectivity index (χ3v) is 2.68. The SMILES string of the molecule is CC(C)=CCc1ccc(N)c(CC=C(C)C)c1. The van der Waals surface area contributed by atoms with Gasteiger partial charge in [-0.15, -0.1) is 0 Å². The van der Waals surface area contributed by atoms with E-state index in [1.807, 2.05) is 6.07 Å². The van der Waals surface area contributed by atoms with Gasteiger partial charge in [0.15, 0.2) is 0 Å². The predicted molar refractivity (Wildman–Crippen MR) is 77.1 cm³/mol. The highest BCUT2D eigenvalue weighted by Crippen LogP contribution is 2.17. The summed E-state index contributed by atoms with van der Waals surface area (Å²) >= 11 is 0. The largest absolute Gasteiger partial charge is 0.398 e. The molecule has 0 heterocycles. The van der Waals surface area contributed by atoms with Gasteiger partial charge in [0.1, 0.15) is 0 Å². The summed E-state index contributed by atoms with van der Waals surface area (Å²) in [4.78, 5) is 0. The first-order valence-electron chi connectivity index (χ1n) is 6.13. The van der Waals surface area contributed by atoms with Gasteiger partial charge in [-0.25, -0.2) is 0 Å². The summed E-state index contributed by atoms with van der Waals surface area (Å²) < 4.78 is 0. The maximum absolute atomic E-state index is 5.99. The van der Waals surface area contributed by atoms with Crippen LogP contribution >= 0.6 is 0 Å². The van der Waals surface area contributed by atoms with Crippen LogP contribution in [0.1, 0.15) is 38.8 Å². The van der Waals surface area contributed by atoms with Crippen molar-refractivity contribution in [3.63, 3.8) is 0 Å². The number of anilines is 1. The Balaban J connectivity index is 2.86. The molecule has 1 aromatic carbocycles. The molecule has 17 heavy (non-hydrogen) atoms. The normalized spacial score (nSPS) is 9.88. The topological polar surface area (TPSA) is 26.0 Å². The zero-order chi connectivity index (χ0) is 12.8. The van der Waals surface area contributed by atoms with Crippen LogP contribution in [0.5, 0.6) is 0 Å². The van der Waals surface area contributed by atoms with Crippen LogP contribution in [-0.2, 0) is 12.8 Å². The number of rotatable bonds is 4. The summed E-state index contributed by atoms with van der Waals surface area (Å²) in [7, 11) is 0. The van der Waals surface area contributed by atoms with Gasteiger partial charge in [0.25, 0.3) is 0 Å². The van der Waals surface area contributed by atoms with Gasteiger partial charge in [-0.05, 0) is 57.7 Å². The molecule has 0 amide bonds. The summed E-state index contributed by atoms with van der Waals surface area (Å²) in [5.41, 5.74) is 12.1. The van der Waals surface area contributed by atoms with Crippen LogP contribution in [0.4, 0.5) is 5.69 Å². The Morgan fingerprint density at radius 3 is 2.18 bits per heavy atom. The summed E-state index contributed by atoms with van der Waals surface area (Å²) in [5.74, 6) is 0. The molecular weight excluding hydrogens is 206 g/mol. The van der Waals surface area contributed by atoms with Gasteiger partial charge in [0.05, 0.1) is 0 Å². The molecule has 0 spiro atoms. The summed E-state index contributed by atoms with van der Waals surface area (Å²) in [6.07, 6.45) is 6.38. The van der Waals surface area contributed by atoms with Crippen LogP contribution < -0.4 is 5.73 Å². The predicted octanol–water partition coefficient (Wildman–Crippen LogP) is 4.29. The van der Waals surface area contributed by atoms with Crippen molar-refractivity contribution in [2.24, 2.45) is 0 Å². The number of hydrogen-bond acceptors (Lipinski definition) is 1. The minimum Gasteiger partial charge on any atom is -0.398 e. The van der Waals surface area contributed by atoms with E-state index in [0.29, 0.717) is 0 Å². The zero-order valence-corrected chi connectivity index (χ0v) is 11.4. The highest BCUT2D eigenvalue weighted by Gasteiger charge is 1.99. The number of nitrogen functional groups attached to an aromatic ring is 1. The smallest absolute Gasteiger partial charge is 0.0349 e. The highest BCUT2D eigenvalue weighted by atomic mass is 14.6. The van der Waals surface area contributed by atoms with Crippen molar-refractivity contribution in [3.05, 3.63) is 52.6 Å². The molecule has 0 saturated heterocycles. The minimum atomic E-state index is 0.892. The molecule has 0 aliphatic carbocycles. The monoisotopic (exact) mass is 229 g/mol. The van der Waals surface area contributed by atoms with E-state index in [1.165, 1.54) is 22.3 Å². The lowest BCUT2D eigenvalue weighted by Gasteiger charge is -2.06. The molecule has 0 radical (unpaired) electrons. The molecule has 0 atom stereocenters. The van der Waals surface area contributed by atoms with Crippen LogP contribution in [0, 0.1) is 0 Å². The van der Waals surface area contributed by atoms with E-state index in [0.717, 1.165) is 18.5 Å². The van der Waals surface area contributed by atoms with E-state index in [4.69, 9.17) is 5.73 Å². The zero-order valence-electron chi connectivity index (χ0n) is 11.4. The van der Waals surface area contributed by atoms with Crippen molar-refractivity contribution >= 4 is 5.69 Å². The molecule has 0 unspecified atom stereocenters. The van der Waals surface area contributed by atoms with E-state index < -0.39 is 0 Å². The van der Waals surface area contributed by atoms with Crippen molar-refractivity contribution < 1.29 is 0 Å². The van der Waals surface area contributed by atoms with E-state index in [2.05, 4.69) is 52.0 Å². The highest BCUT2D eigenvalue weighted by molar-refractivity contribution is 5.49. The lowest BCUT2D eigenvalue weighted by molar-refractivity contribution is 1.17. The summed E-state index contributed by atoms with van der Waals surface area (Å²) in [6, 6.07) is 6.34. The first kappa shape index (κ1) is 13.6. The third-order valence-electron chi connectivity index (χ3n) is 2.68. The van der Waals surface area contributed by atoms with E-state index >= 15 is 0 Å². The van der Waals surface area contributed by atoms with Gasteiger partial charge in [0, 0.05) is 5.69 Å². The van der Waals surface area contributed by atoms with E-state index in [9.17, 15) is 0 Å². The lowest BCUT2D eigenvalue weighted by Crippen LogP contribution is -1.95. The van der Waals surface area contributed by atoms with Gasteiger partial charge in [-0.3, -0.25) is 0 Å². The second-order valence-corrected chi connectivity index (χ2v) is 5.00. The third kappa shape index (κ3) is 4.90. The first-order chi connectivity index (χ1) is 7.99. The molecule has 1 rings (SSSR count). The maximum Gasteiger partial charge on any atom is 0.0349 e. The molecule has 0 fully saturated rings. The van der Waals surface area contributed by atoms with Crippen molar-refractivity contribution in [1.82, 2.24) is 0 Å². The maximum atomic E-state index is 5.99. The second-order valence-electron chi connectivity index (χ2n) is 5.00. The molecule has 0 aliphatic heterocycles. The second kappa shape index (κ2) is 6.29. The molecule has 0 aliphatic rings. The molecule has 92 valence electrons. The first-order valence-corrected chi connectivity index (χ1v) is 6.13. The van der Waals surface area contributed by atoms with Gasteiger partial charge in [-0.1, -0.05) is 35.4 Å². The van der Waals surface area contributed by atoms with Gasteiger partial charge < -0.3 is 5.73 Å². The fraction of sp³-hybridized carbons (Fsp3) is 0.375. The number of hydrogen-bond donors (Lipinski definition) is 1. The van der Waals surface area contributed by atoms with Gasteiger partial charge in [0.2, 0.25) is 0 Å². The summed E-state index contributed by atoms with van der Waals surface area (Å²) in [5, 5.41) is 0. The Labute approximate surface area is 105 Å². The Bertz CT molecular complexity index is 431. The van der Waals surface area contributed by atoms with Crippen molar-refractivity contribution in [3.8, 4) is 0 Å². The molecule has 1 aromatic rings. The van der Waals surface area contributed by atoms with E-state index in [-0.39, 0.29) is 0 Å². The Morgan fingerprint density at radius 2 is 1.59 bits per heavy atom. The van der Waals surface area contributed by atoms with Crippen LogP contribution in [0.2, 0.25) is 0 Å². The molecule has 0 bridgehead atoms. The van der Waals surface area contributed by atoms with Crippen LogP contribution in [-0.4, -0.2) is 0 Å². The number of nitrogens with two attached hydrogens (primary N) is 1. The van der Waals surface area contributed by atoms with E-state index in [1.54, 1.807) is 0 Å². The van der Waals surface area contributed by atoms with Crippen LogP contribution in [0.3, 0.4) is 0 Å². The molecular formula is C16H23N. The Hall–Kier alpha value is -1.50. The van der Waals surface area contributed by atoms with Crippen LogP contribution in [0.15, 0.2) is 41.5 Å². The lowest BCUT2D eigenvalue weighted by atomic mass is 10.0. The Morgan fingerprint density at radius 1 is 1.00 bits per heavy atom. The standard InChI is InChI=1S/C16H23N/c1-12(2)5-7-14-8-10-16(17)15(11-14)9-6-13(3)4/h5-6,8,10-11H,7,9,17H2,1-4H3. The van der Waals surface area contributed by atoms with Crippen molar-refractivity contribution in [1.29, 1.82) is 0 Å². The quantitative estimate of drug-likeness (QED) is 0.605. The molecule has 1 nitrogen and oxygen atoms in total. The fourth-order valence-electron chi connectivity index (χ4n) is 1.60. The number of allylic oxidation sites excluding steroid dienone is 4. The fourth-order valence-corrected chi connectivity index (χ4v) is 1.60. The van der Waals surface area contributed by atoms with Crippen molar-refractivity contribution in [2.75, 3.05) is 5.73 Å². The molecule has 0 aromatic heterocycles. The van der Waals surface area contributed by atoms with Gasteiger partial charge in [-0.2, -0.15) is 0 Å². The van der Waals surface area contributed by atoms with Crippen LogP contribution in [0.25, 0.3) is 0 Å². The van der Waals surface area contributed by atoms with Gasteiger partial charge >= 0.3 is 0 Å². The molecule has 0 saturated carbocycles. The van der Waals surface area contributed by atoms with Crippen molar-refractivity contribution in [2.45, 2.75) is 40.5 Å². The average Bonchev–Trinajstić information content (AvgIpc) is 2.26. The average molecular weight is 229 g/mol. The number of benzene rings is 1.